The van der Waals surface area contributed by atoms with Gasteiger partial charge in [0.2, 0.25) is 10.0 Å². The first kappa shape index (κ1) is 11.8. The lowest BCUT2D eigenvalue weighted by atomic mass is 10.2. The van der Waals surface area contributed by atoms with Crippen molar-refractivity contribution in [2.75, 3.05) is 12.0 Å². The van der Waals surface area contributed by atoms with Crippen molar-refractivity contribution in [3.63, 3.8) is 0 Å². The SMILES string of the molecule is CS(=O)(=O)NC(=O)c1ccc(Cl)c(N)c1. The van der Waals surface area contributed by atoms with Crippen LogP contribution in [0, 0.1) is 0 Å². The van der Waals surface area contributed by atoms with Crippen LogP contribution in [0.2, 0.25) is 5.02 Å². The number of nitrogens with one attached hydrogen (secondary N) is 1. The molecule has 0 bridgehead atoms. The molecule has 0 aliphatic carbocycles. The van der Waals surface area contributed by atoms with Gasteiger partial charge in [-0.15, -0.1) is 0 Å². The molecule has 0 saturated heterocycles. The van der Waals surface area contributed by atoms with Gasteiger partial charge in [-0.05, 0) is 18.2 Å². The highest BCUT2D eigenvalue weighted by atomic mass is 35.5. The van der Waals surface area contributed by atoms with Gasteiger partial charge in [0.05, 0.1) is 17.0 Å². The number of sulfonamides is 1. The minimum Gasteiger partial charge on any atom is -0.398 e. The Morgan fingerprint density at radius 1 is 1.47 bits per heavy atom. The van der Waals surface area contributed by atoms with Crippen molar-refractivity contribution < 1.29 is 13.2 Å². The summed E-state index contributed by atoms with van der Waals surface area (Å²) in [5.41, 5.74) is 5.82. The summed E-state index contributed by atoms with van der Waals surface area (Å²) in [6, 6.07) is 4.12. The number of nitrogen functional groups attached to an aromatic ring is 1. The quantitative estimate of drug-likeness (QED) is 0.751. The zero-order valence-corrected chi connectivity index (χ0v) is 9.39. The van der Waals surface area contributed by atoms with Gasteiger partial charge >= 0.3 is 0 Å². The van der Waals surface area contributed by atoms with Crippen molar-refractivity contribution in [2.24, 2.45) is 0 Å². The number of nitrogens with two attached hydrogens (primary N) is 1. The van der Waals surface area contributed by atoms with Crippen LogP contribution >= 0.6 is 11.6 Å². The van der Waals surface area contributed by atoms with E-state index in [9.17, 15) is 13.2 Å². The first-order chi connectivity index (χ1) is 6.79. The number of rotatable bonds is 2. The molecule has 0 radical (unpaired) electrons. The number of halogens is 1. The number of benzene rings is 1. The summed E-state index contributed by atoms with van der Waals surface area (Å²) < 4.78 is 23.4. The summed E-state index contributed by atoms with van der Waals surface area (Å²) in [6.07, 6.45) is 0.893. The molecular weight excluding hydrogens is 240 g/mol. The topological polar surface area (TPSA) is 89.3 Å². The monoisotopic (exact) mass is 248 g/mol. The van der Waals surface area contributed by atoms with Crippen molar-refractivity contribution >= 4 is 33.2 Å². The van der Waals surface area contributed by atoms with Crippen LogP contribution in [0.4, 0.5) is 5.69 Å². The number of hydrogen-bond donors (Lipinski definition) is 2. The molecule has 1 rings (SSSR count). The van der Waals surface area contributed by atoms with Gasteiger partial charge in [-0.3, -0.25) is 4.79 Å². The molecule has 0 atom stereocenters. The molecule has 0 heterocycles. The molecule has 15 heavy (non-hydrogen) atoms. The third-order valence-electron chi connectivity index (χ3n) is 1.54. The van der Waals surface area contributed by atoms with E-state index < -0.39 is 15.9 Å². The largest absolute Gasteiger partial charge is 0.398 e. The Labute approximate surface area is 92.3 Å². The van der Waals surface area contributed by atoms with Crippen molar-refractivity contribution in [3.8, 4) is 0 Å². The highest BCUT2D eigenvalue weighted by Crippen LogP contribution is 2.19. The number of amides is 1. The van der Waals surface area contributed by atoms with Gasteiger partial charge in [-0.2, -0.15) is 0 Å². The molecule has 1 aromatic rings. The minimum atomic E-state index is -3.57. The molecule has 0 fully saturated rings. The fourth-order valence-corrected chi connectivity index (χ4v) is 1.48. The molecule has 0 aliphatic rings. The van der Waals surface area contributed by atoms with E-state index in [0.29, 0.717) is 5.02 Å². The smallest absolute Gasteiger partial charge is 0.264 e. The summed E-state index contributed by atoms with van der Waals surface area (Å²) >= 11 is 5.64. The lowest BCUT2D eigenvalue weighted by Crippen LogP contribution is -2.29. The summed E-state index contributed by atoms with van der Waals surface area (Å²) in [5.74, 6) is -0.735. The average Bonchev–Trinajstić information content (AvgIpc) is 2.06. The molecule has 0 unspecified atom stereocenters. The van der Waals surface area contributed by atoms with Crippen LogP contribution in [0.15, 0.2) is 18.2 Å². The van der Waals surface area contributed by atoms with Crippen molar-refractivity contribution in [1.29, 1.82) is 0 Å². The van der Waals surface area contributed by atoms with Crippen LogP contribution in [-0.4, -0.2) is 20.6 Å². The van der Waals surface area contributed by atoms with Crippen LogP contribution < -0.4 is 10.5 Å². The second kappa shape index (κ2) is 4.08. The van der Waals surface area contributed by atoms with Gasteiger partial charge in [-0.25, -0.2) is 13.1 Å². The molecule has 0 aromatic heterocycles. The van der Waals surface area contributed by atoms with E-state index in [4.69, 9.17) is 17.3 Å². The Balaban J connectivity index is 2.98. The molecule has 0 saturated carbocycles. The van der Waals surface area contributed by atoms with E-state index >= 15 is 0 Å². The molecule has 1 aromatic carbocycles. The molecule has 0 aliphatic heterocycles. The van der Waals surface area contributed by atoms with Gasteiger partial charge in [-0.1, -0.05) is 11.6 Å². The first-order valence-corrected chi connectivity index (χ1v) is 6.13. The molecular formula is C8H9ClN2O3S. The summed E-state index contributed by atoms with van der Waals surface area (Å²) in [7, 11) is -3.57. The first-order valence-electron chi connectivity index (χ1n) is 3.87. The van der Waals surface area contributed by atoms with Crippen molar-refractivity contribution in [2.45, 2.75) is 0 Å². The Morgan fingerprint density at radius 2 is 2.07 bits per heavy atom. The normalized spacial score (nSPS) is 11.1. The highest BCUT2D eigenvalue weighted by Gasteiger charge is 2.11. The molecule has 0 spiro atoms. The van der Waals surface area contributed by atoms with E-state index in [0.717, 1.165) is 6.26 Å². The van der Waals surface area contributed by atoms with Crippen LogP contribution in [0.3, 0.4) is 0 Å². The van der Waals surface area contributed by atoms with E-state index in [1.165, 1.54) is 18.2 Å². The van der Waals surface area contributed by atoms with Gasteiger partial charge in [0.15, 0.2) is 0 Å². The fourth-order valence-electron chi connectivity index (χ4n) is 0.912. The summed E-state index contributed by atoms with van der Waals surface area (Å²) in [4.78, 5) is 11.3. The molecule has 3 N–H and O–H groups in total. The molecule has 5 nitrogen and oxygen atoms in total. The summed E-state index contributed by atoms with van der Waals surface area (Å²) in [6.45, 7) is 0. The Kier molecular flexibility index (Phi) is 3.21. The predicted molar refractivity (Wildman–Crippen MR) is 58.2 cm³/mol. The zero-order valence-electron chi connectivity index (χ0n) is 7.82. The Morgan fingerprint density at radius 3 is 2.53 bits per heavy atom. The number of anilines is 1. The average molecular weight is 249 g/mol. The fraction of sp³-hybridized carbons (Fsp3) is 0.125. The van der Waals surface area contributed by atoms with Crippen LogP contribution in [-0.2, 0) is 10.0 Å². The van der Waals surface area contributed by atoms with E-state index in [1.54, 1.807) is 0 Å². The zero-order chi connectivity index (χ0) is 11.6. The van der Waals surface area contributed by atoms with Crippen LogP contribution in [0.5, 0.6) is 0 Å². The number of carbonyl (C=O) groups is 1. The standard InChI is InChI=1S/C8H9ClN2O3S/c1-15(13,14)11-8(12)5-2-3-6(9)7(10)4-5/h2-4H,10H2,1H3,(H,11,12). The third kappa shape index (κ3) is 3.41. The van der Waals surface area contributed by atoms with Crippen molar-refractivity contribution in [1.82, 2.24) is 4.72 Å². The van der Waals surface area contributed by atoms with Gasteiger partial charge in [0.25, 0.3) is 5.91 Å². The lowest BCUT2D eigenvalue weighted by Gasteiger charge is -2.04. The van der Waals surface area contributed by atoms with Gasteiger partial charge in [0, 0.05) is 5.56 Å². The Bertz CT molecular complexity index is 499. The van der Waals surface area contributed by atoms with E-state index in [1.807, 2.05) is 4.72 Å². The van der Waals surface area contributed by atoms with Gasteiger partial charge in [0.1, 0.15) is 0 Å². The lowest BCUT2D eigenvalue weighted by molar-refractivity contribution is 0.0981. The second-order valence-electron chi connectivity index (χ2n) is 2.94. The maximum Gasteiger partial charge on any atom is 0.264 e. The molecule has 82 valence electrons. The van der Waals surface area contributed by atoms with E-state index in [-0.39, 0.29) is 11.3 Å². The molecule has 1 amide bonds. The second-order valence-corrected chi connectivity index (χ2v) is 5.10. The highest BCUT2D eigenvalue weighted by molar-refractivity contribution is 7.89. The molecule has 7 heteroatoms. The van der Waals surface area contributed by atoms with Crippen LogP contribution in [0.25, 0.3) is 0 Å². The van der Waals surface area contributed by atoms with Crippen LogP contribution in [0.1, 0.15) is 10.4 Å². The number of carbonyl (C=O) groups excluding carboxylic acids is 1. The number of hydrogen-bond acceptors (Lipinski definition) is 4. The maximum atomic E-state index is 11.3. The maximum absolute atomic E-state index is 11.3. The summed E-state index contributed by atoms with van der Waals surface area (Å²) in [5, 5.41) is 0.311. The minimum absolute atomic E-state index is 0.141. The third-order valence-corrected chi connectivity index (χ3v) is 2.44. The Hall–Kier alpha value is -1.27. The van der Waals surface area contributed by atoms with E-state index in [2.05, 4.69) is 0 Å². The predicted octanol–water partition coefficient (Wildman–Crippen LogP) is 0.612. The van der Waals surface area contributed by atoms with Crippen molar-refractivity contribution in [3.05, 3.63) is 28.8 Å². The van der Waals surface area contributed by atoms with Gasteiger partial charge < -0.3 is 5.73 Å².